The van der Waals surface area contributed by atoms with E-state index in [1.165, 1.54) is 0 Å². The predicted octanol–water partition coefficient (Wildman–Crippen LogP) is 4.13. The topological polar surface area (TPSA) is 76.1 Å². The van der Waals surface area contributed by atoms with Crippen LogP contribution in [0.1, 0.15) is 30.0 Å². The average Bonchev–Trinajstić information content (AvgIpc) is 2.68. The van der Waals surface area contributed by atoms with Crippen molar-refractivity contribution in [1.82, 2.24) is 9.97 Å². The minimum Gasteiger partial charge on any atom is -0.489 e. The van der Waals surface area contributed by atoms with Gasteiger partial charge in [0.25, 0.3) is 5.91 Å². The Balaban J connectivity index is 1.69. The molecule has 0 radical (unpaired) electrons. The van der Waals surface area contributed by atoms with E-state index in [0.717, 1.165) is 11.4 Å². The quantitative estimate of drug-likeness (QED) is 0.661. The second-order valence-corrected chi connectivity index (χ2v) is 6.22. The summed E-state index contributed by atoms with van der Waals surface area (Å²) in [6.07, 6.45) is 3.37. The minimum atomic E-state index is -0.295. The Bertz CT molecular complexity index is 897. The first-order chi connectivity index (χ1) is 13.1. The van der Waals surface area contributed by atoms with Gasteiger partial charge in [0.15, 0.2) is 0 Å². The number of nitrogens with one attached hydrogen (secondary N) is 2. The zero-order valence-corrected chi connectivity index (χ0v) is 15.3. The molecule has 6 heteroatoms. The lowest BCUT2D eigenvalue weighted by molar-refractivity contribution is 0.102. The van der Waals surface area contributed by atoms with Crippen molar-refractivity contribution in [2.75, 3.05) is 10.6 Å². The fourth-order valence-electron chi connectivity index (χ4n) is 2.47. The first kappa shape index (κ1) is 18.4. The molecule has 2 N–H and O–H groups in total. The van der Waals surface area contributed by atoms with Crippen LogP contribution in [0, 0.1) is 0 Å². The number of carbonyl (C=O) groups is 1. The summed E-state index contributed by atoms with van der Waals surface area (Å²) in [7, 11) is 0. The molecule has 0 saturated heterocycles. The van der Waals surface area contributed by atoms with E-state index in [2.05, 4.69) is 20.6 Å². The van der Waals surface area contributed by atoms with E-state index < -0.39 is 0 Å². The molecule has 1 aromatic carbocycles. The zero-order chi connectivity index (χ0) is 19.1. The van der Waals surface area contributed by atoms with Gasteiger partial charge in [0.2, 0.25) is 0 Å². The van der Waals surface area contributed by atoms with Crippen molar-refractivity contribution in [2.45, 2.75) is 26.5 Å². The lowest BCUT2D eigenvalue weighted by Gasteiger charge is -2.14. The summed E-state index contributed by atoms with van der Waals surface area (Å²) in [6, 6.07) is 16.6. The smallest absolute Gasteiger partial charge is 0.274 e. The third-order valence-corrected chi connectivity index (χ3v) is 3.69. The van der Waals surface area contributed by atoms with Gasteiger partial charge < -0.3 is 15.4 Å². The molecular formula is C21H22N4O2. The van der Waals surface area contributed by atoms with Crippen molar-refractivity contribution >= 4 is 17.3 Å². The zero-order valence-electron chi connectivity index (χ0n) is 15.3. The van der Waals surface area contributed by atoms with Gasteiger partial charge in [-0.25, -0.2) is 0 Å². The highest BCUT2D eigenvalue weighted by Gasteiger charge is 2.12. The number of nitrogens with zero attached hydrogens (tertiary/aromatic N) is 2. The highest BCUT2D eigenvalue weighted by atomic mass is 16.5. The molecule has 0 bridgehead atoms. The Morgan fingerprint density at radius 3 is 2.63 bits per heavy atom. The molecule has 0 fully saturated rings. The van der Waals surface area contributed by atoms with E-state index >= 15 is 0 Å². The number of hydrogen-bond donors (Lipinski definition) is 2. The number of aromatic nitrogens is 2. The number of carbonyl (C=O) groups excluding carboxylic acids is 1. The number of amides is 1. The molecule has 2 aromatic heterocycles. The van der Waals surface area contributed by atoms with Crippen molar-refractivity contribution in [3.05, 3.63) is 78.4 Å². The van der Waals surface area contributed by atoms with Gasteiger partial charge in [-0.15, -0.1) is 0 Å². The van der Waals surface area contributed by atoms with Gasteiger partial charge in [-0.3, -0.25) is 14.8 Å². The summed E-state index contributed by atoms with van der Waals surface area (Å²) >= 11 is 0. The van der Waals surface area contributed by atoms with Crippen LogP contribution in [0.3, 0.4) is 0 Å². The van der Waals surface area contributed by atoms with Crippen molar-refractivity contribution in [2.24, 2.45) is 0 Å². The van der Waals surface area contributed by atoms with Crippen LogP contribution in [-0.4, -0.2) is 22.0 Å². The third-order valence-electron chi connectivity index (χ3n) is 3.69. The van der Waals surface area contributed by atoms with Gasteiger partial charge in [-0.2, -0.15) is 0 Å². The van der Waals surface area contributed by atoms with Crippen molar-refractivity contribution in [1.29, 1.82) is 0 Å². The van der Waals surface area contributed by atoms with Crippen LogP contribution in [0.25, 0.3) is 0 Å². The van der Waals surface area contributed by atoms with Gasteiger partial charge in [0, 0.05) is 18.1 Å². The lowest BCUT2D eigenvalue weighted by Crippen LogP contribution is -2.16. The van der Waals surface area contributed by atoms with Gasteiger partial charge in [0.05, 0.1) is 24.0 Å². The van der Waals surface area contributed by atoms with E-state index in [1.807, 2.05) is 56.3 Å². The number of para-hydroxylation sites is 2. The maximum absolute atomic E-state index is 12.6. The summed E-state index contributed by atoms with van der Waals surface area (Å²) in [4.78, 5) is 21.1. The lowest BCUT2D eigenvalue weighted by atomic mass is 10.2. The Morgan fingerprint density at radius 1 is 1.04 bits per heavy atom. The molecule has 3 rings (SSSR count). The molecule has 6 nitrogen and oxygen atoms in total. The van der Waals surface area contributed by atoms with E-state index in [0.29, 0.717) is 23.7 Å². The number of benzene rings is 1. The maximum Gasteiger partial charge on any atom is 0.274 e. The van der Waals surface area contributed by atoms with Crippen LogP contribution in [0.5, 0.6) is 5.75 Å². The van der Waals surface area contributed by atoms with Crippen LogP contribution in [0.15, 0.2) is 67.0 Å². The van der Waals surface area contributed by atoms with Gasteiger partial charge >= 0.3 is 0 Å². The van der Waals surface area contributed by atoms with E-state index in [4.69, 9.17) is 4.74 Å². The standard InChI is InChI=1S/C21H22N4O2/c1-15(2)27-20-9-4-3-8-18(20)25-21(26)19-13-16(10-12-23-19)24-14-17-7-5-6-11-22-17/h3-13,15H,14H2,1-2H3,(H,23,24)(H,25,26). The normalized spacial score (nSPS) is 10.5. The minimum absolute atomic E-state index is 0.0142. The Hall–Kier alpha value is -3.41. The van der Waals surface area contributed by atoms with Crippen molar-refractivity contribution in [3.8, 4) is 5.75 Å². The first-order valence-corrected chi connectivity index (χ1v) is 8.78. The van der Waals surface area contributed by atoms with Crippen LogP contribution < -0.4 is 15.4 Å². The summed E-state index contributed by atoms with van der Waals surface area (Å²) < 4.78 is 5.74. The maximum atomic E-state index is 12.6. The highest BCUT2D eigenvalue weighted by Crippen LogP contribution is 2.25. The van der Waals surface area contributed by atoms with Gasteiger partial charge in [-0.1, -0.05) is 18.2 Å². The molecule has 3 aromatic rings. The fraction of sp³-hybridized carbons (Fsp3) is 0.190. The van der Waals surface area contributed by atoms with Crippen LogP contribution in [0.2, 0.25) is 0 Å². The third kappa shape index (κ3) is 5.28. The van der Waals surface area contributed by atoms with E-state index in [1.54, 1.807) is 24.5 Å². The SMILES string of the molecule is CC(C)Oc1ccccc1NC(=O)c1cc(NCc2ccccn2)ccn1. The molecule has 0 aliphatic carbocycles. The molecule has 0 aliphatic rings. The van der Waals surface area contributed by atoms with E-state index in [9.17, 15) is 4.79 Å². The van der Waals surface area contributed by atoms with Gasteiger partial charge in [0.1, 0.15) is 11.4 Å². The summed E-state index contributed by atoms with van der Waals surface area (Å²) in [5, 5.41) is 6.12. The van der Waals surface area contributed by atoms with Gasteiger partial charge in [-0.05, 0) is 50.2 Å². The Labute approximate surface area is 158 Å². The summed E-state index contributed by atoms with van der Waals surface area (Å²) in [6.45, 7) is 4.45. The fourth-order valence-corrected chi connectivity index (χ4v) is 2.47. The highest BCUT2D eigenvalue weighted by molar-refractivity contribution is 6.04. The number of pyridine rings is 2. The number of ether oxygens (including phenoxy) is 1. The second kappa shape index (κ2) is 8.80. The monoisotopic (exact) mass is 362 g/mol. The molecular weight excluding hydrogens is 340 g/mol. The number of rotatable bonds is 7. The largest absolute Gasteiger partial charge is 0.489 e. The predicted molar refractivity (Wildman–Crippen MR) is 106 cm³/mol. The van der Waals surface area contributed by atoms with E-state index in [-0.39, 0.29) is 12.0 Å². The molecule has 2 heterocycles. The molecule has 0 unspecified atom stereocenters. The number of anilines is 2. The molecule has 27 heavy (non-hydrogen) atoms. The Kier molecular flexibility index (Phi) is 5.99. The van der Waals surface area contributed by atoms with Crippen LogP contribution in [0.4, 0.5) is 11.4 Å². The van der Waals surface area contributed by atoms with Crippen molar-refractivity contribution < 1.29 is 9.53 Å². The number of hydrogen-bond acceptors (Lipinski definition) is 5. The summed E-state index contributed by atoms with van der Waals surface area (Å²) in [5.74, 6) is 0.335. The van der Waals surface area contributed by atoms with Crippen LogP contribution >= 0.6 is 0 Å². The molecule has 0 atom stereocenters. The van der Waals surface area contributed by atoms with Crippen LogP contribution in [-0.2, 0) is 6.54 Å². The molecule has 0 aliphatic heterocycles. The Morgan fingerprint density at radius 2 is 1.85 bits per heavy atom. The molecule has 0 spiro atoms. The van der Waals surface area contributed by atoms with Crippen molar-refractivity contribution in [3.63, 3.8) is 0 Å². The molecule has 138 valence electrons. The average molecular weight is 362 g/mol. The summed E-state index contributed by atoms with van der Waals surface area (Å²) in [5.41, 5.74) is 2.65. The molecule has 1 amide bonds. The first-order valence-electron chi connectivity index (χ1n) is 8.78. The second-order valence-electron chi connectivity index (χ2n) is 6.22. The molecule has 0 saturated carbocycles.